The number of halogens is 2. The minimum absolute atomic E-state index is 0.115. The van der Waals surface area contributed by atoms with E-state index in [4.69, 9.17) is 28.6 Å². The number of benzene rings is 2. The van der Waals surface area contributed by atoms with Gasteiger partial charge in [0.1, 0.15) is 5.49 Å². The third-order valence-corrected chi connectivity index (χ3v) is 4.95. The molecule has 6 heteroatoms. The average Bonchev–Trinajstić information content (AvgIpc) is 2.69. The van der Waals surface area contributed by atoms with Gasteiger partial charge in [0.05, 0.1) is 0 Å². The van der Waals surface area contributed by atoms with E-state index in [-0.39, 0.29) is 11.5 Å². The molecule has 0 atom stereocenters. The lowest BCUT2D eigenvalue weighted by atomic mass is 9.96. The Morgan fingerprint density at radius 3 is 2.11 bits per heavy atom. The summed E-state index contributed by atoms with van der Waals surface area (Å²) in [6.45, 7) is 2.64. The van der Waals surface area contributed by atoms with Crippen LogP contribution < -0.4 is 10.8 Å². The molecular weight excluding hydrogens is 393 g/mol. The van der Waals surface area contributed by atoms with Gasteiger partial charge in [-0.3, -0.25) is 9.98 Å². The highest BCUT2D eigenvalue weighted by molar-refractivity contribution is 6.31. The van der Waals surface area contributed by atoms with Gasteiger partial charge in [-0.25, -0.2) is 4.79 Å². The summed E-state index contributed by atoms with van der Waals surface area (Å²) < 4.78 is 1.33. The zero-order valence-corrected chi connectivity index (χ0v) is 17.0. The Balaban J connectivity index is 2.14. The van der Waals surface area contributed by atoms with E-state index in [1.54, 1.807) is 18.3 Å². The van der Waals surface area contributed by atoms with E-state index in [0.717, 1.165) is 29.5 Å². The lowest BCUT2D eigenvalue weighted by molar-refractivity contribution is 0.241. The minimum atomic E-state index is -0.309. The summed E-state index contributed by atoms with van der Waals surface area (Å²) in [4.78, 5) is 12.6. The zero-order valence-electron chi connectivity index (χ0n) is 15.5. The van der Waals surface area contributed by atoms with Gasteiger partial charge in [-0.15, -0.1) is 0 Å². The van der Waals surface area contributed by atoms with Gasteiger partial charge >= 0.3 is 6.03 Å². The van der Waals surface area contributed by atoms with Crippen molar-refractivity contribution in [1.29, 1.82) is 5.41 Å². The van der Waals surface area contributed by atoms with E-state index in [0.29, 0.717) is 22.2 Å². The number of carbonyl (C=O) groups is 1. The molecule has 1 amide bonds. The molecular formula is C22H21Cl2N3O. The first-order valence-corrected chi connectivity index (χ1v) is 9.87. The molecule has 2 N–H and O–H groups in total. The highest BCUT2D eigenvalue weighted by Gasteiger charge is 2.15. The largest absolute Gasteiger partial charge is 0.337 e. The van der Waals surface area contributed by atoms with Crippen molar-refractivity contribution < 1.29 is 4.79 Å². The first kappa shape index (κ1) is 20.2. The first-order chi connectivity index (χ1) is 13.5. The molecule has 1 heterocycles. The van der Waals surface area contributed by atoms with Crippen molar-refractivity contribution in [3.63, 3.8) is 0 Å². The maximum absolute atomic E-state index is 12.6. The number of pyridine rings is 1. The molecule has 0 bridgehead atoms. The van der Waals surface area contributed by atoms with Crippen LogP contribution in [0.4, 0.5) is 4.79 Å². The van der Waals surface area contributed by atoms with E-state index in [1.807, 2.05) is 42.5 Å². The van der Waals surface area contributed by atoms with Gasteiger partial charge in [-0.2, -0.15) is 0 Å². The molecule has 1 aromatic heterocycles. The van der Waals surface area contributed by atoms with Crippen molar-refractivity contribution in [2.45, 2.75) is 19.8 Å². The number of hydrogen-bond acceptors (Lipinski definition) is 2. The van der Waals surface area contributed by atoms with Crippen molar-refractivity contribution in [1.82, 2.24) is 9.88 Å². The number of nitrogens with zero attached hydrogens (tertiary/aromatic N) is 1. The maximum atomic E-state index is 12.6. The maximum Gasteiger partial charge on any atom is 0.327 e. The van der Waals surface area contributed by atoms with Crippen LogP contribution in [0.1, 0.15) is 19.8 Å². The summed E-state index contributed by atoms with van der Waals surface area (Å²) >= 11 is 12.1. The summed E-state index contributed by atoms with van der Waals surface area (Å²) in [6.07, 6.45) is 3.52. The first-order valence-electron chi connectivity index (χ1n) is 9.11. The van der Waals surface area contributed by atoms with Crippen LogP contribution in [0.25, 0.3) is 22.3 Å². The molecule has 0 aliphatic carbocycles. The monoisotopic (exact) mass is 413 g/mol. The summed E-state index contributed by atoms with van der Waals surface area (Å²) in [6, 6.07) is 16.2. The summed E-state index contributed by atoms with van der Waals surface area (Å²) in [5, 5.41) is 12.8. The molecule has 0 aliphatic heterocycles. The third-order valence-electron chi connectivity index (χ3n) is 4.45. The summed E-state index contributed by atoms with van der Waals surface area (Å²) in [7, 11) is 0. The Kier molecular flexibility index (Phi) is 6.55. The molecule has 0 spiro atoms. The highest BCUT2D eigenvalue weighted by atomic mass is 35.5. The second-order valence-electron chi connectivity index (χ2n) is 6.42. The molecule has 4 nitrogen and oxygen atoms in total. The van der Waals surface area contributed by atoms with Crippen LogP contribution in [0.2, 0.25) is 10.0 Å². The average molecular weight is 414 g/mol. The Morgan fingerprint density at radius 1 is 0.964 bits per heavy atom. The van der Waals surface area contributed by atoms with Crippen LogP contribution in [-0.2, 0) is 0 Å². The molecule has 144 valence electrons. The van der Waals surface area contributed by atoms with Crippen molar-refractivity contribution in [2.75, 3.05) is 6.54 Å². The number of hydrogen-bond donors (Lipinski definition) is 2. The molecule has 0 aliphatic rings. The lowest BCUT2D eigenvalue weighted by Gasteiger charge is -2.15. The number of rotatable bonds is 5. The second-order valence-corrected chi connectivity index (χ2v) is 7.30. The Morgan fingerprint density at radius 2 is 1.54 bits per heavy atom. The number of unbranched alkanes of at least 4 members (excludes halogenated alkanes) is 1. The fraction of sp³-hybridized carbons (Fsp3) is 0.182. The van der Waals surface area contributed by atoms with E-state index < -0.39 is 0 Å². The predicted molar refractivity (Wildman–Crippen MR) is 115 cm³/mol. The molecule has 3 rings (SSSR count). The zero-order chi connectivity index (χ0) is 20.1. The van der Waals surface area contributed by atoms with Crippen molar-refractivity contribution in [2.24, 2.45) is 0 Å². The molecule has 28 heavy (non-hydrogen) atoms. The molecule has 0 radical (unpaired) electrons. The van der Waals surface area contributed by atoms with Gasteiger partial charge in [0.15, 0.2) is 0 Å². The lowest BCUT2D eigenvalue weighted by Crippen LogP contribution is -2.37. The van der Waals surface area contributed by atoms with Gasteiger partial charge in [-0.1, -0.05) is 60.8 Å². The molecule has 0 saturated carbocycles. The van der Waals surface area contributed by atoms with Gasteiger partial charge in [-0.05, 0) is 53.4 Å². The quantitative estimate of drug-likeness (QED) is 0.497. The van der Waals surface area contributed by atoms with Crippen LogP contribution in [0, 0.1) is 5.41 Å². The number of nitrogens with one attached hydrogen (secondary N) is 2. The summed E-state index contributed by atoms with van der Waals surface area (Å²) in [5.41, 5.74) is 3.36. The van der Waals surface area contributed by atoms with E-state index >= 15 is 0 Å². The second kappa shape index (κ2) is 9.09. The third kappa shape index (κ3) is 4.46. The highest BCUT2D eigenvalue weighted by Crippen LogP contribution is 2.30. The van der Waals surface area contributed by atoms with Crippen LogP contribution in [-0.4, -0.2) is 17.1 Å². The predicted octanol–water partition coefficient (Wildman–Crippen LogP) is 5.97. The van der Waals surface area contributed by atoms with E-state index in [1.165, 1.54) is 4.57 Å². The normalized spacial score (nSPS) is 10.7. The van der Waals surface area contributed by atoms with E-state index in [9.17, 15) is 4.79 Å². The summed E-state index contributed by atoms with van der Waals surface area (Å²) in [5.74, 6) is 0. The smallest absolute Gasteiger partial charge is 0.327 e. The van der Waals surface area contributed by atoms with E-state index in [2.05, 4.69) is 12.2 Å². The van der Waals surface area contributed by atoms with Crippen LogP contribution in [0.15, 0.2) is 60.8 Å². The Labute approximate surface area is 174 Å². The van der Waals surface area contributed by atoms with Crippen molar-refractivity contribution >= 4 is 29.2 Å². The van der Waals surface area contributed by atoms with Gasteiger partial charge in [0, 0.05) is 28.4 Å². The van der Waals surface area contributed by atoms with Crippen LogP contribution in [0.5, 0.6) is 0 Å². The SMILES string of the molecule is CCCCNC(=O)n1ccc(-c2ccc(Cl)cc2)c(-c2ccc(Cl)cc2)c1=N. The van der Waals surface area contributed by atoms with Crippen molar-refractivity contribution in [3.05, 3.63) is 76.3 Å². The Hall–Kier alpha value is -2.56. The van der Waals surface area contributed by atoms with Gasteiger partial charge < -0.3 is 5.32 Å². The fourth-order valence-electron chi connectivity index (χ4n) is 2.96. The Bertz CT molecular complexity index is 1030. The van der Waals surface area contributed by atoms with Gasteiger partial charge in [0.25, 0.3) is 0 Å². The topological polar surface area (TPSA) is 57.9 Å². The molecule has 0 unspecified atom stereocenters. The number of amides is 1. The fourth-order valence-corrected chi connectivity index (χ4v) is 3.21. The van der Waals surface area contributed by atoms with Crippen LogP contribution >= 0.6 is 23.2 Å². The standard InChI is InChI=1S/C22H21Cl2N3O/c1-2-3-13-26-22(28)27-14-12-19(15-4-8-17(23)9-5-15)20(21(27)25)16-6-10-18(24)11-7-16/h4-12,14,25H,2-3,13H2,1H3,(H,26,28). The molecule has 2 aromatic carbocycles. The van der Waals surface area contributed by atoms with Crippen molar-refractivity contribution in [3.8, 4) is 22.3 Å². The minimum Gasteiger partial charge on any atom is -0.337 e. The molecule has 3 aromatic rings. The van der Waals surface area contributed by atoms with Gasteiger partial charge in [0.2, 0.25) is 0 Å². The number of carbonyl (C=O) groups excluding carboxylic acids is 1. The van der Waals surface area contributed by atoms with Crippen LogP contribution in [0.3, 0.4) is 0 Å². The molecule has 0 saturated heterocycles. The number of aromatic nitrogens is 1. The molecule has 0 fully saturated rings.